The van der Waals surface area contributed by atoms with Gasteiger partial charge in [0.05, 0.1) is 11.4 Å². The molecule has 0 radical (unpaired) electrons. The number of hydrogen-bond acceptors (Lipinski definition) is 5. The molecule has 0 saturated carbocycles. The van der Waals surface area contributed by atoms with Gasteiger partial charge >= 0.3 is 0 Å². The standard InChI is InChI=1S/C22H23NO3S2/c1-22(2,3)16-4-6-17(7-5-16)26-13-20(24)23-12-18-8-9-19(28-18)21(25)15-10-11-27-14-15/h4-11,14H,12-13H2,1-3H3,(H,23,24). The van der Waals surface area contributed by atoms with Gasteiger partial charge in [0.15, 0.2) is 6.61 Å². The number of benzene rings is 1. The van der Waals surface area contributed by atoms with Gasteiger partial charge in [-0.05, 0) is 46.7 Å². The van der Waals surface area contributed by atoms with Gasteiger partial charge in [-0.2, -0.15) is 11.3 Å². The molecule has 0 fully saturated rings. The molecule has 1 aromatic carbocycles. The quantitative estimate of drug-likeness (QED) is 0.553. The average molecular weight is 414 g/mol. The predicted octanol–water partition coefficient (Wildman–Crippen LogP) is 5.03. The molecule has 0 aliphatic carbocycles. The lowest BCUT2D eigenvalue weighted by Crippen LogP contribution is -2.28. The zero-order chi connectivity index (χ0) is 20.1. The van der Waals surface area contributed by atoms with Crippen LogP contribution in [0.25, 0.3) is 0 Å². The zero-order valence-electron chi connectivity index (χ0n) is 16.2. The van der Waals surface area contributed by atoms with Crippen molar-refractivity contribution in [2.24, 2.45) is 0 Å². The first-order valence-corrected chi connectivity index (χ1v) is 10.7. The first kappa shape index (κ1) is 20.3. The number of amides is 1. The number of carbonyl (C=O) groups excluding carboxylic acids is 2. The summed E-state index contributed by atoms with van der Waals surface area (Å²) < 4.78 is 5.55. The molecule has 1 amide bonds. The fourth-order valence-corrected chi connectivity index (χ4v) is 4.11. The van der Waals surface area contributed by atoms with Gasteiger partial charge in [0.2, 0.25) is 5.78 Å². The molecule has 3 aromatic rings. The van der Waals surface area contributed by atoms with Crippen molar-refractivity contribution >= 4 is 34.4 Å². The van der Waals surface area contributed by atoms with E-state index in [0.717, 1.165) is 4.88 Å². The molecule has 0 bridgehead atoms. The van der Waals surface area contributed by atoms with E-state index in [4.69, 9.17) is 4.74 Å². The number of thiophene rings is 2. The molecule has 4 nitrogen and oxygen atoms in total. The molecular weight excluding hydrogens is 390 g/mol. The Bertz CT molecular complexity index is 935. The highest BCUT2D eigenvalue weighted by Gasteiger charge is 2.14. The second-order valence-corrected chi connectivity index (χ2v) is 9.40. The fourth-order valence-electron chi connectivity index (χ4n) is 2.57. The molecule has 3 rings (SSSR count). The number of ketones is 1. The first-order valence-electron chi connectivity index (χ1n) is 8.98. The van der Waals surface area contributed by atoms with Gasteiger partial charge in [0, 0.05) is 15.8 Å². The van der Waals surface area contributed by atoms with Crippen LogP contribution in [-0.2, 0) is 16.8 Å². The lowest BCUT2D eigenvalue weighted by atomic mass is 9.87. The molecule has 0 unspecified atom stereocenters. The normalized spacial score (nSPS) is 11.2. The molecule has 0 saturated heterocycles. The van der Waals surface area contributed by atoms with E-state index < -0.39 is 0 Å². The number of ether oxygens (including phenoxy) is 1. The Morgan fingerprint density at radius 2 is 1.79 bits per heavy atom. The van der Waals surface area contributed by atoms with Gasteiger partial charge < -0.3 is 10.1 Å². The summed E-state index contributed by atoms with van der Waals surface area (Å²) in [7, 11) is 0. The molecule has 0 atom stereocenters. The lowest BCUT2D eigenvalue weighted by molar-refractivity contribution is -0.123. The summed E-state index contributed by atoms with van der Waals surface area (Å²) in [5.41, 5.74) is 2.00. The van der Waals surface area contributed by atoms with Gasteiger partial charge in [0.1, 0.15) is 5.75 Å². The molecule has 146 valence electrons. The molecule has 2 aromatic heterocycles. The maximum atomic E-state index is 12.3. The highest BCUT2D eigenvalue weighted by Crippen LogP contribution is 2.24. The Labute approximate surface area is 173 Å². The zero-order valence-corrected chi connectivity index (χ0v) is 17.8. The summed E-state index contributed by atoms with van der Waals surface area (Å²) in [6.07, 6.45) is 0. The van der Waals surface area contributed by atoms with Crippen molar-refractivity contribution < 1.29 is 14.3 Å². The van der Waals surface area contributed by atoms with Crippen molar-refractivity contribution in [3.63, 3.8) is 0 Å². The van der Waals surface area contributed by atoms with Crippen molar-refractivity contribution in [1.82, 2.24) is 5.32 Å². The van der Waals surface area contributed by atoms with E-state index in [0.29, 0.717) is 22.7 Å². The molecule has 0 spiro atoms. The third-order valence-corrected chi connectivity index (χ3v) is 5.99. The Morgan fingerprint density at radius 3 is 2.43 bits per heavy atom. The molecular formula is C22H23NO3S2. The van der Waals surface area contributed by atoms with Crippen LogP contribution in [0, 0.1) is 0 Å². The second-order valence-electron chi connectivity index (χ2n) is 7.45. The van der Waals surface area contributed by atoms with E-state index in [1.807, 2.05) is 47.2 Å². The SMILES string of the molecule is CC(C)(C)c1ccc(OCC(=O)NCc2ccc(C(=O)c3ccsc3)s2)cc1. The van der Waals surface area contributed by atoms with E-state index in [-0.39, 0.29) is 23.7 Å². The Balaban J connectivity index is 1.46. The summed E-state index contributed by atoms with van der Waals surface area (Å²) in [5, 5.41) is 6.56. The highest BCUT2D eigenvalue weighted by molar-refractivity contribution is 7.14. The van der Waals surface area contributed by atoms with Crippen molar-refractivity contribution in [3.05, 3.63) is 74.1 Å². The van der Waals surface area contributed by atoms with Crippen LogP contribution in [0.2, 0.25) is 0 Å². The minimum Gasteiger partial charge on any atom is -0.484 e. The molecule has 6 heteroatoms. The molecule has 28 heavy (non-hydrogen) atoms. The Morgan fingerprint density at radius 1 is 1.04 bits per heavy atom. The maximum Gasteiger partial charge on any atom is 0.258 e. The minimum absolute atomic E-state index is 0.0193. The van der Waals surface area contributed by atoms with Gasteiger partial charge in [-0.25, -0.2) is 0 Å². The molecule has 0 aliphatic rings. The number of nitrogens with one attached hydrogen (secondary N) is 1. The van der Waals surface area contributed by atoms with Gasteiger partial charge in [-0.3, -0.25) is 9.59 Å². The third-order valence-electron chi connectivity index (χ3n) is 4.22. The number of carbonyl (C=O) groups is 2. The van der Waals surface area contributed by atoms with E-state index in [9.17, 15) is 9.59 Å². The third kappa shape index (κ3) is 5.30. The Hall–Kier alpha value is -2.44. The highest BCUT2D eigenvalue weighted by atomic mass is 32.1. The van der Waals surface area contributed by atoms with Crippen molar-refractivity contribution in [2.45, 2.75) is 32.7 Å². The van der Waals surface area contributed by atoms with Crippen molar-refractivity contribution in [3.8, 4) is 5.75 Å². The predicted molar refractivity (Wildman–Crippen MR) is 115 cm³/mol. The smallest absolute Gasteiger partial charge is 0.258 e. The van der Waals surface area contributed by atoms with Gasteiger partial charge in [0.25, 0.3) is 5.91 Å². The topological polar surface area (TPSA) is 55.4 Å². The maximum absolute atomic E-state index is 12.3. The molecule has 0 aliphatic heterocycles. The van der Waals surface area contributed by atoms with Crippen LogP contribution in [0.1, 0.15) is 46.4 Å². The van der Waals surface area contributed by atoms with Crippen LogP contribution in [0.5, 0.6) is 5.75 Å². The first-order chi connectivity index (χ1) is 13.3. The van der Waals surface area contributed by atoms with Crippen LogP contribution < -0.4 is 10.1 Å². The lowest BCUT2D eigenvalue weighted by Gasteiger charge is -2.19. The molecule has 1 N–H and O–H groups in total. The van der Waals surface area contributed by atoms with Crippen LogP contribution in [0.3, 0.4) is 0 Å². The Kier molecular flexibility index (Phi) is 6.31. The summed E-state index contributed by atoms with van der Waals surface area (Å²) in [5.74, 6) is 0.493. The fraction of sp³-hybridized carbons (Fsp3) is 0.273. The van der Waals surface area contributed by atoms with Crippen molar-refractivity contribution in [1.29, 1.82) is 0 Å². The van der Waals surface area contributed by atoms with E-state index in [1.165, 1.54) is 28.2 Å². The van der Waals surface area contributed by atoms with Crippen LogP contribution >= 0.6 is 22.7 Å². The van der Waals surface area contributed by atoms with Crippen LogP contribution in [0.4, 0.5) is 0 Å². The number of rotatable bonds is 7. The number of hydrogen-bond donors (Lipinski definition) is 1. The summed E-state index contributed by atoms with van der Waals surface area (Å²) in [4.78, 5) is 26.0. The largest absolute Gasteiger partial charge is 0.484 e. The van der Waals surface area contributed by atoms with Crippen LogP contribution in [-0.4, -0.2) is 18.3 Å². The summed E-state index contributed by atoms with van der Waals surface area (Å²) >= 11 is 2.90. The van der Waals surface area contributed by atoms with Gasteiger partial charge in [-0.1, -0.05) is 32.9 Å². The van der Waals surface area contributed by atoms with E-state index in [1.54, 1.807) is 6.07 Å². The van der Waals surface area contributed by atoms with Crippen molar-refractivity contribution in [2.75, 3.05) is 6.61 Å². The van der Waals surface area contributed by atoms with Gasteiger partial charge in [-0.15, -0.1) is 11.3 Å². The second kappa shape index (κ2) is 8.71. The summed E-state index contributed by atoms with van der Waals surface area (Å²) in [6, 6.07) is 13.3. The summed E-state index contributed by atoms with van der Waals surface area (Å²) in [6.45, 7) is 6.80. The van der Waals surface area contributed by atoms with Crippen LogP contribution in [0.15, 0.2) is 53.2 Å². The van der Waals surface area contributed by atoms with E-state index >= 15 is 0 Å². The minimum atomic E-state index is -0.195. The monoisotopic (exact) mass is 413 g/mol. The molecule has 2 heterocycles. The van der Waals surface area contributed by atoms with E-state index in [2.05, 4.69) is 26.1 Å². The average Bonchev–Trinajstić information content (AvgIpc) is 3.35.